The van der Waals surface area contributed by atoms with Crippen LogP contribution in [0.1, 0.15) is 5.56 Å². The lowest BCUT2D eigenvalue weighted by molar-refractivity contribution is 0.321. The highest BCUT2D eigenvalue weighted by atomic mass is 16.4. The molecule has 0 atom stereocenters. The van der Waals surface area contributed by atoms with E-state index in [9.17, 15) is 0 Å². The quantitative estimate of drug-likeness (QED) is 0.281. The molecule has 0 fully saturated rings. The van der Waals surface area contributed by atoms with Crippen molar-refractivity contribution >= 4 is 6.21 Å². The Kier molecular flexibility index (Phi) is 2.05. The number of phenolic OH excluding ortho intramolecular Hbond substituents is 3. The molecule has 0 aliphatic heterocycles. The van der Waals surface area contributed by atoms with E-state index in [2.05, 4.69) is 5.16 Å². The van der Waals surface area contributed by atoms with E-state index in [1.54, 1.807) is 0 Å². The second-order valence-electron chi connectivity index (χ2n) is 2.14. The summed E-state index contributed by atoms with van der Waals surface area (Å²) in [6.07, 6.45) is 0.865. The largest absolute Gasteiger partial charge is 0.508 e. The highest BCUT2D eigenvalue weighted by Crippen LogP contribution is 2.30. The Bertz CT molecular complexity index is 298. The minimum Gasteiger partial charge on any atom is -0.508 e. The molecule has 0 aromatic heterocycles. The van der Waals surface area contributed by atoms with Gasteiger partial charge in [0.15, 0.2) is 0 Å². The number of nitrogens with zero attached hydrogens (tertiary/aromatic N) is 1. The van der Waals surface area contributed by atoms with Gasteiger partial charge in [-0.3, -0.25) is 0 Å². The first-order valence-electron chi connectivity index (χ1n) is 3.07. The third kappa shape index (κ3) is 1.39. The maximum Gasteiger partial charge on any atom is 0.131 e. The van der Waals surface area contributed by atoms with Crippen LogP contribution in [-0.2, 0) is 0 Å². The number of oxime groups is 1. The lowest BCUT2D eigenvalue weighted by atomic mass is 10.2. The summed E-state index contributed by atoms with van der Waals surface area (Å²) in [5, 5.41) is 37.8. The maximum atomic E-state index is 9.08. The standard InChI is InChI=1S/C7H7NO4/c9-4-1-6(10)5(3-8-12)7(11)2-4/h1-3,9-12H. The van der Waals surface area contributed by atoms with Crippen molar-refractivity contribution in [3.05, 3.63) is 17.7 Å². The molecular formula is C7H7NO4. The Hall–Kier alpha value is -1.91. The molecule has 1 aromatic rings. The summed E-state index contributed by atoms with van der Waals surface area (Å²) in [5.41, 5.74) is -0.0460. The fraction of sp³-hybridized carbons (Fsp3) is 0. The van der Waals surface area contributed by atoms with Crippen LogP contribution in [0.15, 0.2) is 17.3 Å². The Morgan fingerprint density at radius 3 is 2.00 bits per heavy atom. The summed E-state index contributed by atoms with van der Waals surface area (Å²) < 4.78 is 0. The van der Waals surface area contributed by atoms with E-state index in [1.165, 1.54) is 0 Å². The van der Waals surface area contributed by atoms with Crippen LogP contribution in [0, 0.1) is 0 Å². The van der Waals surface area contributed by atoms with Crippen LogP contribution >= 0.6 is 0 Å². The van der Waals surface area contributed by atoms with E-state index < -0.39 is 0 Å². The molecule has 0 saturated heterocycles. The van der Waals surface area contributed by atoms with Crippen LogP contribution < -0.4 is 0 Å². The van der Waals surface area contributed by atoms with Crippen LogP contribution in [-0.4, -0.2) is 26.7 Å². The van der Waals surface area contributed by atoms with Gasteiger partial charge < -0.3 is 20.5 Å². The van der Waals surface area contributed by atoms with Crippen molar-refractivity contribution in [1.29, 1.82) is 0 Å². The molecule has 0 unspecified atom stereocenters. The first-order valence-corrected chi connectivity index (χ1v) is 3.07. The summed E-state index contributed by atoms with van der Waals surface area (Å²) in [5.74, 6) is -0.976. The summed E-state index contributed by atoms with van der Waals surface area (Å²) in [7, 11) is 0. The molecule has 5 heteroatoms. The zero-order valence-corrected chi connectivity index (χ0v) is 5.97. The Labute approximate surface area is 67.8 Å². The predicted molar refractivity (Wildman–Crippen MR) is 40.8 cm³/mol. The molecule has 1 aromatic carbocycles. The number of aromatic hydroxyl groups is 3. The van der Waals surface area contributed by atoms with Crippen molar-refractivity contribution < 1.29 is 20.5 Å². The van der Waals surface area contributed by atoms with Crippen molar-refractivity contribution in [2.75, 3.05) is 0 Å². The molecule has 0 aliphatic carbocycles. The molecule has 0 aliphatic rings. The summed E-state index contributed by atoms with van der Waals surface area (Å²) in [6, 6.07) is 2.05. The van der Waals surface area contributed by atoms with E-state index in [4.69, 9.17) is 20.5 Å². The van der Waals surface area contributed by atoms with Gasteiger partial charge in [0.25, 0.3) is 0 Å². The zero-order chi connectivity index (χ0) is 9.14. The van der Waals surface area contributed by atoms with E-state index >= 15 is 0 Å². The summed E-state index contributed by atoms with van der Waals surface area (Å²) in [4.78, 5) is 0. The van der Waals surface area contributed by atoms with Gasteiger partial charge in [-0.25, -0.2) is 0 Å². The minimum atomic E-state index is -0.356. The first kappa shape index (κ1) is 8.19. The predicted octanol–water partition coefficient (Wildman–Crippen LogP) is 0.611. The van der Waals surface area contributed by atoms with Gasteiger partial charge in [0.2, 0.25) is 0 Å². The normalized spacial score (nSPS) is 10.7. The number of rotatable bonds is 1. The van der Waals surface area contributed by atoms with E-state index in [0.29, 0.717) is 0 Å². The molecule has 0 bridgehead atoms. The molecular weight excluding hydrogens is 162 g/mol. The number of hydrogen-bond donors (Lipinski definition) is 4. The summed E-state index contributed by atoms with van der Waals surface area (Å²) in [6.45, 7) is 0. The van der Waals surface area contributed by atoms with Crippen molar-refractivity contribution in [1.82, 2.24) is 0 Å². The third-order valence-electron chi connectivity index (χ3n) is 1.31. The second-order valence-corrected chi connectivity index (χ2v) is 2.14. The molecule has 5 nitrogen and oxygen atoms in total. The fourth-order valence-electron chi connectivity index (χ4n) is 0.799. The lowest BCUT2D eigenvalue weighted by Gasteiger charge is -2.01. The van der Waals surface area contributed by atoms with E-state index in [0.717, 1.165) is 18.3 Å². The monoisotopic (exact) mass is 169 g/mol. The second kappa shape index (κ2) is 3.00. The van der Waals surface area contributed by atoms with Gasteiger partial charge in [0.1, 0.15) is 17.2 Å². The van der Waals surface area contributed by atoms with E-state index in [1.807, 2.05) is 0 Å². The average molecular weight is 169 g/mol. The zero-order valence-electron chi connectivity index (χ0n) is 5.97. The SMILES string of the molecule is ON=Cc1c(O)cc(O)cc1O. The fourth-order valence-corrected chi connectivity index (χ4v) is 0.799. The molecule has 0 saturated carbocycles. The van der Waals surface area contributed by atoms with Crippen molar-refractivity contribution in [2.24, 2.45) is 5.16 Å². The third-order valence-corrected chi connectivity index (χ3v) is 1.31. The van der Waals surface area contributed by atoms with Crippen LogP contribution in [0.25, 0.3) is 0 Å². The number of hydrogen-bond acceptors (Lipinski definition) is 5. The summed E-state index contributed by atoms with van der Waals surface area (Å²) >= 11 is 0. The molecule has 0 radical (unpaired) electrons. The van der Waals surface area contributed by atoms with Crippen LogP contribution in [0.5, 0.6) is 17.2 Å². The topological polar surface area (TPSA) is 93.3 Å². The van der Waals surface area contributed by atoms with Crippen LogP contribution in [0.3, 0.4) is 0 Å². The molecule has 1 rings (SSSR count). The Morgan fingerprint density at radius 1 is 1.08 bits per heavy atom. The number of benzene rings is 1. The van der Waals surface area contributed by atoms with Gasteiger partial charge in [0.05, 0.1) is 11.8 Å². The van der Waals surface area contributed by atoms with Crippen molar-refractivity contribution in [3.8, 4) is 17.2 Å². The van der Waals surface area contributed by atoms with Gasteiger partial charge in [0, 0.05) is 12.1 Å². The number of phenols is 3. The van der Waals surface area contributed by atoms with Crippen LogP contribution in [0.2, 0.25) is 0 Å². The van der Waals surface area contributed by atoms with Crippen LogP contribution in [0.4, 0.5) is 0 Å². The molecule has 4 N–H and O–H groups in total. The van der Waals surface area contributed by atoms with Gasteiger partial charge in [-0.15, -0.1) is 0 Å². The average Bonchev–Trinajstić information content (AvgIpc) is 1.96. The van der Waals surface area contributed by atoms with Gasteiger partial charge in [-0.2, -0.15) is 0 Å². The molecule has 12 heavy (non-hydrogen) atoms. The van der Waals surface area contributed by atoms with Gasteiger partial charge in [-0.05, 0) is 0 Å². The smallest absolute Gasteiger partial charge is 0.131 e. The van der Waals surface area contributed by atoms with Gasteiger partial charge >= 0.3 is 0 Å². The van der Waals surface area contributed by atoms with Crippen molar-refractivity contribution in [3.63, 3.8) is 0 Å². The molecule has 0 spiro atoms. The molecule has 0 heterocycles. The van der Waals surface area contributed by atoms with E-state index in [-0.39, 0.29) is 22.8 Å². The Balaban J connectivity index is 3.28. The Morgan fingerprint density at radius 2 is 1.58 bits per heavy atom. The molecule has 0 amide bonds. The minimum absolute atomic E-state index is 0.0460. The van der Waals surface area contributed by atoms with Crippen molar-refractivity contribution in [2.45, 2.75) is 0 Å². The van der Waals surface area contributed by atoms with Gasteiger partial charge in [-0.1, -0.05) is 5.16 Å². The maximum absolute atomic E-state index is 9.08. The molecule has 64 valence electrons. The first-order chi connectivity index (χ1) is 5.65. The highest BCUT2D eigenvalue weighted by Gasteiger charge is 2.06. The lowest BCUT2D eigenvalue weighted by Crippen LogP contribution is -1.83. The highest BCUT2D eigenvalue weighted by molar-refractivity contribution is 5.87.